The standard InChI is InChI=1S/C8H6BrN3O2/c1-11-4-10-8-6(9)2-5(12(13)14)3-7(8)11/h2-4H,1H3. The molecule has 0 saturated carbocycles. The van der Waals surface area contributed by atoms with Crippen LogP contribution in [0.3, 0.4) is 0 Å². The number of hydrogen-bond acceptors (Lipinski definition) is 3. The molecule has 0 saturated heterocycles. The summed E-state index contributed by atoms with van der Waals surface area (Å²) in [6, 6.07) is 2.96. The molecule has 6 heteroatoms. The summed E-state index contributed by atoms with van der Waals surface area (Å²) in [6.07, 6.45) is 1.62. The summed E-state index contributed by atoms with van der Waals surface area (Å²) < 4.78 is 2.38. The van der Waals surface area contributed by atoms with E-state index >= 15 is 0 Å². The molecule has 72 valence electrons. The first-order chi connectivity index (χ1) is 6.59. The van der Waals surface area contributed by atoms with Crippen molar-refractivity contribution in [3.05, 3.63) is 33.0 Å². The Morgan fingerprint density at radius 1 is 1.57 bits per heavy atom. The second kappa shape index (κ2) is 3.06. The smallest absolute Gasteiger partial charge is 0.272 e. The molecule has 0 aliphatic carbocycles. The lowest BCUT2D eigenvalue weighted by molar-refractivity contribution is -0.384. The zero-order chi connectivity index (χ0) is 10.3. The number of benzene rings is 1. The molecule has 0 amide bonds. The van der Waals surface area contributed by atoms with Crippen molar-refractivity contribution in [2.45, 2.75) is 0 Å². The Labute approximate surface area is 87.6 Å². The second-order valence-electron chi connectivity index (χ2n) is 2.91. The fraction of sp³-hybridized carbons (Fsp3) is 0.125. The highest BCUT2D eigenvalue weighted by molar-refractivity contribution is 9.10. The molecule has 2 aromatic rings. The van der Waals surface area contributed by atoms with Crippen LogP contribution in [0.2, 0.25) is 0 Å². The van der Waals surface area contributed by atoms with Gasteiger partial charge in [0.25, 0.3) is 5.69 Å². The minimum atomic E-state index is -0.419. The predicted molar refractivity (Wildman–Crippen MR) is 55.1 cm³/mol. The van der Waals surface area contributed by atoms with E-state index in [4.69, 9.17) is 0 Å². The van der Waals surface area contributed by atoms with Gasteiger partial charge in [-0.1, -0.05) is 0 Å². The summed E-state index contributed by atoms with van der Waals surface area (Å²) in [5, 5.41) is 10.6. The number of fused-ring (bicyclic) bond motifs is 1. The molecule has 0 fully saturated rings. The zero-order valence-electron chi connectivity index (χ0n) is 7.27. The molecule has 0 bridgehead atoms. The number of aryl methyl sites for hydroxylation is 1. The molecule has 0 unspecified atom stereocenters. The summed E-state index contributed by atoms with van der Waals surface area (Å²) >= 11 is 3.25. The van der Waals surface area contributed by atoms with E-state index in [2.05, 4.69) is 20.9 Å². The van der Waals surface area contributed by atoms with Crippen molar-refractivity contribution in [1.29, 1.82) is 0 Å². The predicted octanol–water partition coefficient (Wildman–Crippen LogP) is 2.24. The molecule has 0 aliphatic rings. The van der Waals surface area contributed by atoms with Gasteiger partial charge in [0.1, 0.15) is 5.52 Å². The third-order valence-electron chi connectivity index (χ3n) is 1.98. The molecular weight excluding hydrogens is 250 g/mol. The first-order valence-corrected chi connectivity index (χ1v) is 4.64. The molecule has 1 aromatic carbocycles. The number of imidazole rings is 1. The molecule has 1 heterocycles. The molecule has 0 radical (unpaired) electrons. The maximum Gasteiger partial charge on any atom is 0.272 e. The molecule has 14 heavy (non-hydrogen) atoms. The Hall–Kier alpha value is -1.43. The van der Waals surface area contributed by atoms with E-state index in [-0.39, 0.29) is 5.69 Å². The van der Waals surface area contributed by atoms with Crippen LogP contribution in [0, 0.1) is 10.1 Å². The number of rotatable bonds is 1. The topological polar surface area (TPSA) is 61.0 Å². The van der Waals surface area contributed by atoms with Crippen LogP contribution >= 0.6 is 15.9 Å². The number of aromatic nitrogens is 2. The fourth-order valence-corrected chi connectivity index (χ4v) is 1.82. The monoisotopic (exact) mass is 255 g/mol. The number of nitro benzene ring substituents is 1. The van der Waals surface area contributed by atoms with E-state index in [1.54, 1.807) is 17.9 Å². The highest BCUT2D eigenvalue weighted by Crippen LogP contribution is 2.27. The Balaban J connectivity index is 2.82. The molecule has 0 spiro atoms. The largest absolute Gasteiger partial charge is 0.333 e. The van der Waals surface area contributed by atoms with Crippen LogP contribution in [0.4, 0.5) is 5.69 Å². The van der Waals surface area contributed by atoms with Gasteiger partial charge in [-0.05, 0) is 15.9 Å². The lowest BCUT2D eigenvalue weighted by atomic mass is 10.3. The van der Waals surface area contributed by atoms with E-state index in [9.17, 15) is 10.1 Å². The van der Waals surface area contributed by atoms with Gasteiger partial charge in [-0.25, -0.2) is 4.98 Å². The number of nitro groups is 1. The summed E-state index contributed by atoms with van der Waals surface area (Å²) in [5.74, 6) is 0. The van der Waals surface area contributed by atoms with Gasteiger partial charge < -0.3 is 4.57 Å². The summed E-state index contributed by atoms with van der Waals surface area (Å²) in [7, 11) is 1.80. The number of halogens is 1. The highest BCUT2D eigenvalue weighted by atomic mass is 79.9. The van der Waals surface area contributed by atoms with Crippen molar-refractivity contribution in [2.75, 3.05) is 0 Å². The average Bonchev–Trinajstić information content (AvgIpc) is 2.48. The van der Waals surface area contributed by atoms with Crippen LogP contribution in [-0.2, 0) is 7.05 Å². The maximum absolute atomic E-state index is 10.6. The van der Waals surface area contributed by atoms with Crippen molar-refractivity contribution >= 4 is 32.7 Å². The van der Waals surface area contributed by atoms with Crippen LogP contribution in [0.1, 0.15) is 0 Å². The van der Waals surface area contributed by atoms with Gasteiger partial charge in [-0.2, -0.15) is 0 Å². The highest BCUT2D eigenvalue weighted by Gasteiger charge is 2.12. The lowest BCUT2D eigenvalue weighted by Crippen LogP contribution is -1.90. The van der Waals surface area contributed by atoms with Gasteiger partial charge in [0.05, 0.1) is 21.2 Å². The van der Waals surface area contributed by atoms with Crippen molar-refractivity contribution < 1.29 is 4.92 Å². The van der Waals surface area contributed by atoms with Gasteiger partial charge in [0, 0.05) is 19.2 Å². The number of hydrogen-bond donors (Lipinski definition) is 0. The van der Waals surface area contributed by atoms with Crippen LogP contribution in [0.25, 0.3) is 11.0 Å². The van der Waals surface area contributed by atoms with Crippen LogP contribution in [-0.4, -0.2) is 14.5 Å². The molecule has 0 aliphatic heterocycles. The van der Waals surface area contributed by atoms with Gasteiger partial charge in [0.15, 0.2) is 0 Å². The molecule has 2 rings (SSSR count). The van der Waals surface area contributed by atoms with Gasteiger partial charge in [-0.3, -0.25) is 10.1 Å². The third-order valence-corrected chi connectivity index (χ3v) is 2.58. The van der Waals surface area contributed by atoms with Crippen LogP contribution in [0.5, 0.6) is 0 Å². The zero-order valence-corrected chi connectivity index (χ0v) is 8.85. The van der Waals surface area contributed by atoms with E-state index < -0.39 is 4.92 Å². The van der Waals surface area contributed by atoms with Gasteiger partial charge in [0.2, 0.25) is 0 Å². The molecule has 1 aromatic heterocycles. The molecular formula is C8H6BrN3O2. The fourth-order valence-electron chi connectivity index (χ4n) is 1.28. The van der Waals surface area contributed by atoms with Gasteiger partial charge in [-0.15, -0.1) is 0 Å². The normalized spacial score (nSPS) is 10.7. The number of non-ortho nitro benzene ring substituents is 1. The minimum absolute atomic E-state index is 0.0629. The summed E-state index contributed by atoms with van der Waals surface area (Å²) in [4.78, 5) is 14.3. The van der Waals surface area contributed by atoms with Crippen molar-refractivity contribution in [2.24, 2.45) is 7.05 Å². The van der Waals surface area contributed by atoms with Crippen LogP contribution in [0.15, 0.2) is 22.9 Å². The summed E-state index contributed by atoms with van der Waals surface area (Å²) in [5.41, 5.74) is 1.54. The molecule has 0 N–H and O–H groups in total. The average molecular weight is 256 g/mol. The minimum Gasteiger partial charge on any atom is -0.333 e. The van der Waals surface area contributed by atoms with Crippen molar-refractivity contribution in [3.63, 3.8) is 0 Å². The van der Waals surface area contributed by atoms with Crippen molar-refractivity contribution in [3.8, 4) is 0 Å². The maximum atomic E-state index is 10.6. The van der Waals surface area contributed by atoms with Gasteiger partial charge >= 0.3 is 0 Å². The Kier molecular flexibility index (Phi) is 1.99. The van der Waals surface area contributed by atoms with Crippen molar-refractivity contribution in [1.82, 2.24) is 9.55 Å². The summed E-state index contributed by atoms with van der Waals surface area (Å²) in [6.45, 7) is 0. The van der Waals surface area contributed by atoms with E-state index in [1.165, 1.54) is 12.1 Å². The third kappa shape index (κ3) is 1.27. The Morgan fingerprint density at radius 3 is 2.93 bits per heavy atom. The second-order valence-corrected chi connectivity index (χ2v) is 3.76. The van der Waals surface area contributed by atoms with Crippen LogP contribution < -0.4 is 0 Å². The first kappa shape index (κ1) is 9.14. The Morgan fingerprint density at radius 2 is 2.29 bits per heavy atom. The van der Waals surface area contributed by atoms with E-state index in [0.717, 1.165) is 11.0 Å². The SMILES string of the molecule is Cn1cnc2c(Br)cc([N+](=O)[O-])cc21. The number of nitrogens with zero attached hydrogens (tertiary/aromatic N) is 3. The first-order valence-electron chi connectivity index (χ1n) is 3.84. The lowest BCUT2D eigenvalue weighted by Gasteiger charge is -1.96. The molecule has 0 atom stereocenters. The Bertz CT molecular complexity index is 521. The quantitative estimate of drug-likeness (QED) is 0.580. The van der Waals surface area contributed by atoms with E-state index in [1.807, 2.05) is 0 Å². The molecule has 5 nitrogen and oxygen atoms in total. The van der Waals surface area contributed by atoms with E-state index in [0.29, 0.717) is 4.47 Å².